The Hall–Kier alpha value is -3.09. The van der Waals surface area contributed by atoms with Crippen LogP contribution in [0.1, 0.15) is 41.9 Å². The zero-order chi connectivity index (χ0) is 21.6. The zero-order valence-corrected chi connectivity index (χ0v) is 17.7. The van der Waals surface area contributed by atoms with Crippen molar-refractivity contribution in [3.63, 3.8) is 0 Å². The maximum absolute atomic E-state index is 12.7. The fourth-order valence-corrected chi connectivity index (χ4v) is 2.90. The number of rotatable bonds is 8. The molecule has 0 saturated carbocycles. The second-order valence-corrected chi connectivity index (χ2v) is 7.16. The van der Waals surface area contributed by atoms with E-state index < -0.39 is 18.5 Å². The second kappa shape index (κ2) is 9.91. The van der Waals surface area contributed by atoms with Crippen LogP contribution in [0.4, 0.5) is 5.69 Å². The Kier molecular flexibility index (Phi) is 7.59. The molecule has 1 aromatic carbocycles. The molecule has 7 nitrogen and oxygen atoms in total. The smallest absolute Gasteiger partial charge is 0.355 e. The van der Waals surface area contributed by atoms with Gasteiger partial charge >= 0.3 is 5.97 Å². The first-order valence-electron chi connectivity index (χ1n) is 9.68. The van der Waals surface area contributed by atoms with Crippen molar-refractivity contribution in [1.82, 2.24) is 9.47 Å². The van der Waals surface area contributed by atoms with Gasteiger partial charge in [0, 0.05) is 25.0 Å². The highest BCUT2D eigenvalue weighted by Crippen LogP contribution is 2.18. The molecule has 1 N–H and O–H groups in total. The lowest BCUT2D eigenvalue weighted by molar-refractivity contribution is -0.139. The van der Waals surface area contributed by atoms with E-state index in [2.05, 4.69) is 5.32 Å². The monoisotopic (exact) mass is 399 g/mol. The van der Waals surface area contributed by atoms with Crippen molar-refractivity contribution in [3.8, 4) is 0 Å². The molecule has 0 bridgehead atoms. The summed E-state index contributed by atoms with van der Waals surface area (Å²) in [6.07, 6.45) is 2.40. The number of benzene rings is 1. The minimum absolute atomic E-state index is 0.108. The lowest BCUT2D eigenvalue weighted by Crippen LogP contribution is -2.45. The molecule has 0 fully saturated rings. The Labute approximate surface area is 171 Å². The molecule has 0 spiro atoms. The molecule has 2 amide bonds. The van der Waals surface area contributed by atoms with Crippen LogP contribution in [-0.4, -0.2) is 46.4 Å². The molecule has 156 valence electrons. The first-order chi connectivity index (χ1) is 13.7. The Bertz CT molecular complexity index is 888. The lowest BCUT2D eigenvalue weighted by atomic mass is 10.1. The lowest BCUT2D eigenvalue weighted by Gasteiger charge is -2.28. The van der Waals surface area contributed by atoms with E-state index in [1.54, 1.807) is 29.9 Å². The molecule has 0 saturated heterocycles. The number of carbonyl (C=O) groups excluding carboxylic acids is 3. The summed E-state index contributed by atoms with van der Waals surface area (Å²) in [6.45, 7) is 7.19. The molecule has 0 unspecified atom stereocenters. The molecule has 0 aliphatic carbocycles. The molecule has 0 aliphatic rings. The third-order valence-electron chi connectivity index (χ3n) is 5.12. The largest absolute Gasteiger partial charge is 0.451 e. The summed E-state index contributed by atoms with van der Waals surface area (Å²) in [5, 5.41) is 2.87. The van der Waals surface area contributed by atoms with Gasteiger partial charge in [-0.2, -0.15) is 0 Å². The van der Waals surface area contributed by atoms with Crippen LogP contribution >= 0.6 is 0 Å². The van der Waals surface area contributed by atoms with Gasteiger partial charge < -0.3 is 19.5 Å². The van der Waals surface area contributed by atoms with Crippen molar-refractivity contribution in [3.05, 3.63) is 53.3 Å². The van der Waals surface area contributed by atoms with Crippen LogP contribution < -0.4 is 5.32 Å². The number of hydrogen-bond acceptors (Lipinski definition) is 4. The van der Waals surface area contributed by atoms with Crippen LogP contribution in [-0.2, 0) is 21.4 Å². The number of hydrogen-bond donors (Lipinski definition) is 1. The van der Waals surface area contributed by atoms with E-state index in [0.717, 1.165) is 16.8 Å². The van der Waals surface area contributed by atoms with Gasteiger partial charge in [-0.25, -0.2) is 4.79 Å². The highest BCUT2D eigenvalue weighted by molar-refractivity contribution is 5.96. The molecular formula is C22H29N3O4. The molecule has 2 rings (SSSR count). The summed E-state index contributed by atoms with van der Waals surface area (Å²) in [7, 11) is 1.72. The fraction of sp³-hybridized carbons (Fsp3) is 0.409. The van der Waals surface area contributed by atoms with E-state index in [9.17, 15) is 14.4 Å². The van der Waals surface area contributed by atoms with Crippen LogP contribution in [0.15, 0.2) is 36.5 Å². The van der Waals surface area contributed by atoms with Crippen LogP contribution in [0.3, 0.4) is 0 Å². The molecule has 1 heterocycles. The fourth-order valence-electron chi connectivity index (χ4n) is 2.90. The maximum Gasteiger partial charge on any atom is 0.355 e. The molecule has 0 radical (unpaired) electrons. The predicted molar refractivity (Wildman–Crippen MR) is 112 cm³/mol. The summed E-state index contributed by atoms with van der Waals surface area (Å²) < 4.78 is 6.78. The maximum atomic E-state index is 12.7. The Balaban J connectivity index is 2.01. The van der Waals surface area contributed by atoms with Gasteiger partial charge in [0.15, 0.2) is 6.61 Å². The van der Waals surface area contributed by atoms with Gasteiger partial charge in [0.05, 0.1) is 0 Å². The van der Waals surface area contributed by atoms with E-state index in [4.69, 9.17) is 4.74 Å². The van der Waals surface area contributed by atoms with Gasteiger partial charge in [-0.15, -0.1) is 0 Å². The van der Waals surface area contributed by atoms with E-state index in [0.29, 0.717) is 12.1 Å². The third kappa shape index (κ3) is 5.70. The molecule has 1 aromatic heterocycles. The van der Waals surface area contributed by atoms with E-state index in [1.807, 2.05) is 45.9 Å². The molecule has 29 heavy (non-hydrogen) atoms. The number of esters is 1. The highest BCUT2D eigenvalue weighted by atomic mass is 16.5. The summed E-state index contributed by atoms with van der Waals surface area (Å²) in [6, 6.07) is 8.86. The highest BCUT2D eigenvalue weighted by Gasteiger charge is 2.24. The van der Waals surface area contributed by atoms with E-state index in [1.165, 1.54) is 4.90 Å². The number of nitrogens with one attached hydrogen (secondary N) is 1. The topological polar surface area (TPSA) is 80.6 Å². The number of anilines is 1. The Morgan fingerprint density at radius 3 is 2.52 bits per heavy atom. The number of aromatic nitrogens is 1. The molecular weight excluding hydrogens is 370 g/mol. The summed E-state index contributed by atoms with van der Waals surface area (Å²) >= 11 is 0. The number of carbonyl (C=O) groups is 3. The van der Waals surface area contributed by atoms with Crippen molar-refractivity contribution >= 4 is 23.5 Å². The van der Waals surface area contributed by atoms with Crippen LogP contribution in [0.5, 0.6) is 0 Å². The minimum Gasteiger partial charge on any atom is -0.451 e. The van der Waals surface area contributed by atoms with Crippen molar-refractivity contribution in [2.24, 2.45) is 7.05 Å². The second-order valence-electron chi connectivity index (χ2n) is 7.16. The van der Waals surface area contributed by atoms with Crippen LogP contribution in [0.2, 0.25) is 0 Å². The van der Waals surface area contributed by atoms with Gasteiger partial charge in [0.2, 0.25) is 5.91 Å². The van der Waals surface area contributed by atoms with E-state index >= 15 is 0 Å². The first kappa shape index (κ1) is 22.2. The summed E-state index contributed by atoms with van der Waals surface area (Å²) in [5.74, 6) is -1.27. The number of amides is 2. The van der Waals surface area contributed by atoms with Crippen LogP contribution in [0.25, 0.3) is 0 Å². The molecule has 2 aromatic rings. The minimum atomic E-state index is -0.574. The van der Waals surface area contributed by atoms with Crippen LogP contribution in [0, 0.1) is 13.8 Å². The van der Waals surface area contributed by atoms with Gasteiger partial charge in [-0.3, -0.25) is 9.59 Å². The average Bonchev–Trinajstić information content (AvgIpc) is 3.13. The zero-order valence-electron chi connectivity index (χ0n) is 17.7. The summed E-state index contributed by atoms with van der Waals surface area (Å²) in [5.41, 5.74) is 3.14. The number of aryl methyl sites for hydroxylation is 2. The van der Waals surface area contributed by atoms with Gasteiger partial charge in [0.1, 0.15) is 12.2 Å². The van der Waals surface area contributed by atoms with Crippen molar-refractivity contribution in [1.29, 1.82) is 0 Å². The Morgan fingerprint density at radius 2 is 1.90 bits per heavy atom. The van der Waals surface area contributed by atoms with Gasteiger partial charge in [0.25, 0.3) is 5.91 Å². The third-order valence-corrected chi connectivity index (χ3v) is 5.12. The van der Waals surface area contributed by atoms with Gasteiger partial charge in [-0.05, 0) is 56.5 Å². The van der Waals surface area contributed by atoms with Crippen molar-refractivity contribution in [2.75, 3.05) is 18.5 Å². The Morgan fingerprint density at radius 1 is 1.17 bits per heavy atom. The van der Waals surface area contributed by atoms with Crippen molar-refractivity contribution in [2.45, 2.75) is 40.2 Å². The standard InChI is InChI=1S/C22H29N3O4/c1-6-16(3)25(13-20(26)23-18-10-7-9-15(2)17(18)4)21(27)14-29-22(28)19-11-8-12-24(19)5/h7-12,16H,6,13-14H2,1-5H3,(H,23,26)/t16-/m1/s1. The quantitative estimate of drug-likeness (QED) is 0.692. The summed E-state index contributed by atoms with van der Waals surface area (Å²) in [4.78, 5) is 38.8. The number of nitrogens with zero attached hydrogens (tertiary/aromatic N) is 2. The first-order valence-corrected chi connectivity index (χ1v) is 9.68. The molecule has 0 aliphatic heterocycles. The van der Waals surface area contributed by atoms with E-state index in [-0.39, 0.29) is 18.5 Å². The predicted octanol–water partition coefficient (Wildman–Crippen LogP) is 3.06. The number of ether oxygens (including phenoxy) is 1. The van der Waals surface area contributed by atoms with Gasteiger partial charge in [-0.1, -0.05) is 19.1 Å². The molecule has 7 heteroatoms. The normalized spacial score (nSPS) is 11.6. The average molecular weight is 399 g/mol. The SMILES string of the molecule is CC[C@@H](C)N(CC(=O)Nc1cccc(C)c1C)C(=O)COC(=O)c1cccn1C. The molecule has 1 atom stereocenters. The van der Waals surface area contributed by atoms with Crippen molar-refractivity contribution < 1.29 is 19.1 Å².